The molecule has 14 heavy (non-hydrogen) atoms. The highest BCUT2D eigenvalue weighted by Crippen LogP contribution is 2.29. The van der Waals surface area contributed by atoms with Gasteiger partial charge in [-0.15, -0.1) is 0 Å². The van der Waals surface area contributed by atoms with E-state index < -0.39 is 0 Å². The average Bonchev–Trinajstić information content (AvgIpc) is 2.98. The molecule has 3 heteroatoms. The minimum Gasteiger partial charge on any atom is -0.330 e. The van der Waals surface area contributed by atoms with E-state index in [1.54, 1.807) is 0 Å². The standard InChI is InChI=1S/C11H23N3/c1-10-9-13(6-2-5-12)7-8-14(10)11-3-4-11/h10-11H,2-9,12H2,1H3. The molecule has 0 spiro atoms. The van der Waals surface area contributed by atoms with Gasteiger partial charge in [0.2, 0.25) is 0 Å². The molecule has 1 saturated heterocycles. The van der Waals surface area contributed by atoms with Crippen LogP contribution >= 0.6 is 0 Å². The summed E-state index contributed by atoms with van der Waals surface area (Å²) >= 11 is 0. The summed E-state index contributed by atoms with van der Waals surface area (Å²) in [7, 11) is 0. The van der Waals surface area contributed by atoms with Gasteiger partial charge < -0.3 is 10.6 Å². The fourth-order valence-corrected chi connectivity index (χ4v) is 2.51. The molecule has 2 rings (SSSR count). The fraction of sp³-hybridized carbons (Fsp3) is 1.00. The predicted octanol–water partition coefficient (Wildman–Crippen LogP) is 0.504. The molecule has 2 fully saturated rings. The molecule has 2 aliphatic rings. The van der Waals surface area contributed by atoms with Crippen LogP contribution < -0.4 is 5.73 Å². The lowest BCUT2D eigenvalue weighted by molar-refractivity contribution is 0.0771. The lowest BCUT2D eigenvalue weighted by Crippen LogP contribution is -2.52. The van der Waals surface area contributed by atoms with Gasteiger partial charge >= 0.3 is 0 Å². The molecule has 0 aromatic rings. The monoisotopic (exact) mass is 197 g/mol. The van der Waals surface area contributed by atoms with E-state index in [4.69, 9.17) is 5.73 Å². The molecule has 1 heterocycles. The summed E-state index contributed by atoms with van der Waals surface area (Å²) in [5.41, 5.74) is 5.53. The summed E-state index contributed by atoms with van der Waals surface area (Å²) in [6.45, 7) is 8.16. The van der Waals surface area contributed by atoms with Crippen LogP contribution in [0.1, 0.15) is 26.2 Å². The van der Waals surface area contributed by atoms with E-state index in [0.717, 1.165) is 25.0 Å². The molecule has 2 N–H and O–H groups in total. The van der Waals surface area contributed by atoms with Crippen molar-refractivity contribution in [1.82, 2.24) is 9.80 Å². The first-order valence-electron chi connectivity index (χ1n) is 5.99. The summed E-state index contributed by atoms with van der Waals surface area (Å²) in [5, 5.41) is 0. The zero-order chi connectivity index (χ0) is 9.97. The van der Waals surface area contributed by atoms with Gasteiger partial charge in [-0.3, -0.25) is 4.90 Å². The van der Waals surface area contributed by atoms with Crippen LogP contribution in [-0.2, 0) is 0 Å². The highest BCUT2D eigenvalue weighted by molar-refractivity contribution is 4.91. The van der Waals surface area contributed by atoms with Gasteiger partial charge in [-0.2, -0.15) is 0 Å². The minimum absolute atomic E-state index is 0.758. The van der Waals surface area contributed by atoms with E-state index in [-0.39, 0.29) is 0 Å². The number of nitrogens with zero attached hydrogens (tertiary/aromatic N) is 2. The first-order chi connectivity index (χ1) is 6.81. The maximum absolute atomic E-state index is 5.53. The molecular weight excluding hydrogens is 174 g/mol. The van der Waals surface area contributed by atoms with Gasteiger partial charge in [-0.05, 0) is 39.3 Å². The fourth-order valence-electron chi connectivity index (χ4n) is 2.51. The molecular formula is C11H23N3. The lowest BCUT2D eigenvalue weighted by atomic mass is 10.2. The zero-order valence-corrected chi connectivity index (χ0v) is 9.28. The largest absolute Gasteiger partial charge is 0.330 e. The van der Waals surface area contributed by atoms with E-state index in [9.17, 15) is 0 Å². The van der Waals surface area contributed by atoms with Gasteiger partial charge in [0.15, 0.2) is 0 Å². The Bertz CT molecular complexity index is 179. The summed E-state index contributed by atoms with van der Waals surface area (Å²) in [5.74, 6) is 0. The predicted molar refractivity (Wildman–Crippen MR) is 59.3 cm³/mol. The van der Waals surface area contributed by atoms with Crippen LogP contribution in [0.15, 0.2) is 0 Å². The quantitative estimate of drug-likeness (QED) is 0.712. The van der Waals surface area contributed by atoms with Gasteiger partial charge in [0.1, 0.15) is 0 Å². The summed E-state index contributed by atoms with van der Waals surface area (Å²) in [6, 6.07) is 1.69. The van der Waals surface area contributed by atoms with Crippen molar-refractivity contribution in [1.29, 1.82) is 0 Å². The minimum atomic E-state index is 0.758. The van der Waals surface area contributed by atoms with Gasteiger partial charge in [-0.1, -0.05) is 0 Å². The average molecular weight is 197 g/mol. The Labute approximate surface area is 87.2 Å². The third kappa shape index (κ3) is 2.47. The van der Waals surface area contributed by atoms with Gasteiger partial charge in [0.05, 0.1) is 0 Å². The lowest BCUT2D eigenvalue weighted by Gasteiger charge is -2.40. The van der Waals surface area contributed by atoms with Crippen LogP contribution in [0.3, 0.4) is 0 Å². The number of hydrogen-bond donors (Lipinski definition) is 1. The van der Waals surface area contributed by atoms with Gasteiger partial charge in [-0.25, -0.2) is 0 Å². The number of piperazine rings is 1. The van der Waals surface area contributed by atoms with Crippen molar-refractivity contribution in [3.63, 3.8) is 0 Å². The van der Waals surface area contributed by atoms with E-state index in [1.165, 1.54) is 39.0 Å². The van der Waals surface area contributed by atoms with Crippen LogP contribution in [0.5, 0.6) is 0 Å². The van der Waals surface area contributed by atoms with Crippen molar-refractivity contribution in [2.24, 2.45) is 5.73 Å². The second-order valence-electron chi connectivity index (χ2n) is 4.76. The normalized spacial score (nSPS) is 30.9. The highest BCUT2D eigenvalue weighted by atomic mass is 15.3. The van der Waals surface area contributed by atoms with Crippen LogP contribution in [0.25, 0.3) is 0 Å². The van der Waals surface area contributed by atoms with Crippen molar-refractivity contribution >= 4 is 0 Å². The third-order valence-corrected chi connectivity index (χ3v) is 3.46. The molecule has 0 bridgehead atoms. The van der Waals surface area contributed by atoms with Crippen LogP contribution in [0.2, 0.25) is 0 Å². The van der Waals surface area contributed by atoms with Crippen molar-refractivity contribution in [3.8, 4) is 0 Å². The van der Waals surface area contributed by atoms with E-state index in [0.29, 0.717) is 0 Å². The zero-order valence-electron chi connectivity index (χ0n) is 9.28. The molecule has 0 aromatic carbocycles. The molecule has 1 atom stereocenters. The molecule has 1 aliphatic heterocycles. The van der Waals surface area contributed by atoms with Crippen molar-refractivity contribution in [2.45, 2.75) is 38.3 Å². The second kappa shape index (κ2) is 4.60. The maximum Gasteiger partial charge on any atom is 0.0198 e. The molecule has 1 aliphatic carbocycles. The van der Waals surface area contributed by atoms with Gasteiger partial charge in [0, 0.05) is 31.7 Å². The third-order valence-electron chi connectivity index (χ3n) is 3.46. The molecule has 0 radical (unpaired) electrons. The maximum atomic E-state index is 5.53. The second-order valence-corrected chi connectivity index (χ2v) is 4.76. The Morgan fingerprint density at radius 2 is 2.07 bits per heavy atom. The topological polar surface area (TPSA) is 32.5 Å². The van der Waals surface area contributed by atoms with Crippen LogP contribution in [0, 0.1) is 0 Å². The number of hydrogen-bond acceptors (Lipinski definition) is 3. The Morgan fingerprint density at radius 3 is 2.64 bits per heavy atom. The molecule has 1 unspecified atom stereocenters. The number of nitrogens with two attached hydrogens (primary N) is 1. The Balaban J connectivity index is 1.74. The highest BCUT2D eigenvalue weighted by Gasteiger charge is 2.34. The van der Waals surface area contributed by atoms with Crippen LogP contribution in [-0.4, -0.2) is 54.6 Å². The molecule has 3 nitrogen and oxygen atoms in total. The summed E-state index contributed by atoms with van der Waals surface area (Å²) < 4.78 is 0. The number of rotatable bonds is 4. The Kier molecular flexibility index (Phi) is 3.42. The Morgan fingerprint density at radius 1 is 1.29 bits per heavy atom. The Hall–Kier alpha value is -0.120. The molecule has 82 valence electrons. The molecule has 0 amide bonds. The van der Waals surface area contributed by atoms with E-state index >= 15 is 0 Å². The molecule has 1 saturated carbocycles. The smallest absolute Gasteiger partial charge is 0.0198 e. The van der Waals surface area contributed by atoms with E-state index in [1.807, 2.05) is 0 Å². The molecule has 0 aromatic heterocycles. The van der Waals surface area contributed by atoms with E-state index in [2.05, 4.69) is 16.7 Å². The summed E-state index contributed by atoms with van der Waals surface area (Å²) in [6.07, 6.45) is 4.02. The SMILES string of the molecule is CC1CN(CCCN)CCN1C1CC1. The van der Waals surface area contributed by atoms with Crippen molar-refractivity contribution < 1.29 is 0 Å². The first-order valence-corrected chi connectivity index (χ1v) is 5.99. The van der Waals surface area contributed by atoms with Crippen LogP contribution in [0.4, 0.5) is 0 Å². The van der Waals surface area contributed by atoms with Crippen molar-refractivity contribution in [3.05, 3.63) is 0 Å². The van der Waals surface area contributed by atoms with Crippen molar-refractivity contribution in [2.75, 3.05) is 32.7 Å². The first kappa shape index (κ1) is 10.4. The summed E-state index contributed by atoms with van der Waals surface area (Å²) in [4.78, 5) is 5.26. The van der Waals surface area contributed by atoms with Gasteiger partial charge in [0.25, 0.3) is 0 Å².